The zero-order valence-electron chi connectivity index (χ0n) is 79.5. The normalized spacial score (nSPS) is 14.5. The predicted molar refractivity (Wildman–Crippen MR) is 422 cm³/mol. The van der Waals surface area contributed by atoms with Crippen LogP contribution in [0.3, 0.4) is 0 Å². The molecule has 0 fully saturated rings. The zero-order chi connectivity index (χ0) is 84.7. The molecule has 0 rings (SSSR count). The van der Waals surface area contributed by atoms with Crippen LogP contribution in [0.25, 0.3) is 0 Å². The van der Waals surface area contributed by atoms with E-state index in [1.165, 1.54) is 0 Å². The smallest absolute Gasteiger partial charge is 0.793 e. The van der Waals surface area contributed by atoms with Crippen molar-refractivity contribution in [2.45, 2.75) is 475 Å². The SMILES string of the molecule is CC(C)(C)O[Si](O)(OC(C)(C)C)OC(C)(C)C.CC(C)(C)O[Si](O)(OC(C)(C)C)OC(C)(C)C.CC(C)(C)O[Si](O)(OC(C)(C)C)OC(C)(C)C.CC(C)(C)O[Si](O)(OC(C)(C)C)OC(C)(C)C.CC(C)(C)O[Si]([O-])(OC(C)(C)C)OC(C)(C)C.CC(C)(C)O[Si]([O-])(OC(C)(C)C)OC(C)(C)C.O.[K+].[K+].[U].[U]. The molecule has 0 saturated carbocycles. The number of rotatable bonds is 18. The minimum absolute atomic E-state index is 0. The summed E-state index contributed by atoms with van der Waals surface area (Å²) in [5.74, 6) is 0. The first-order valence-electron chi connectivity index (χ1n) is 35.7. The van der Waals surface area contributed by atoms with Crippen LogP contribution in [0.2, 0.25) is 0 Å². The maximum absolute atomic E-state index is 12.6. The van der Waals surface area contributed by atoms with Crippen LogP contribution in [0.5, 0.6) is 0 Å². The van der Waals surface area contributed by atoms with E-state index in [4.69, 9.17) is 79.7 Å². The van der Waals surface area contributed by atoms with Crippen molar-refractivity contribution in [1.29, 1.82) is 0 Å². The molecule has 35 heteroatoms. The van der Waals surface area contributed by atoms with E-state index in [1.807, 2.05) is 374 Å². The minimum atomic E-state index is -3.91. The Labute approximate surface area is 797 Å². The first kappa shape index (κ1) is 136. The molecule has 0 unspecified atom stereocenters. The molecule has 107 heavy (non-hydrogen) atoms. The van der Waals surface area contributed by atoms with E-state index in [0.29, 0.717) is 0 Å². The summed E-state index contributed by atoms with van der Waals surface area (Å²) in [6.07, 6.45) is 0. The Morgan fingerprint density at radius 3 is 0.234 bits per heavy atom. The molecule has 0 saturated heterocycles. The van der Waals surface area contributed by atoms with Crippen LogP contribution in [0, 0.1) is 62.2 Å². The fourth-order valence-electron chi connectivity index (χ4n) is 7.27. The van der Waals surface area contributed by atoms with Crippen LogP contribution >= 0.6 is 0 Å². The maximum Gasteiger partial charge on any atom is 1.00 e. The third kappa shape index (κ3) is 104. The summed E-state index contributed by atoms with van der Waals surface area (Å²) in [5, 5.41) is 0. The molecule has 0 bridgehead atoms. The van der Waals surface area contributed by atoms with Gasteiger partial charge in [-0.15, -0.1) is 0 Å². The maximum atomic E-state index is 12.6. The second kappa shape index (κ2) is 48.7. The van der Waals surface area contributed by atoms with Crippen LogP contribution < -0.4 is 112 Å². The van der Waals surface area contributed by atoms with Gasteiger partial charge in [-0.05, 0) is 374 Å². The summed E-state index contributed by atoms with van der Waals surface area (Å²) in [5.41, 5.74) is -9.67. The summed E-state index contributed by atoms with van der Waals surface area (Å²) in [7, 11) is -22.4. The van der Waals surface area contributed by atoms with Crippen LogP contribution in [0.15, 0.2) is 0 Å². The largest absolute Gasteiger partial charge is 1.00 e. The molecule has 0 aliphatic rings. The van der Waals surface area contributed by atoms with Gasteiger partial charge in [0.15, 0.2) is 0 Å². The van der Waals surface area contributed by atoms with Gasteiger partial charge in [0.2, 0.25) is 0 Å². The van der Waals surface area contributed by atoms with Gasteiger partial charge >= 0.3 is 157 Å². The molecule has 0 aromatic heterocycles. The molecule has 0 spiro atoms. The van der Waals surface area contributed by atoms with E-state index in [9.17, 15) is 28.8 Å². The van der Waals surface area contributed by atoms with Gasteiger partial charge in [0.1, 0.15) is 0 Å². The molecule has 640 valence electrons. The summed E-state index contributed by atoms with van der Waals surface area (Å²) >= 11 is 0. The van der Waals surface area contributed by atoms with E-state index in [-0.39, 0.29) is 170 Å². The molecule has 25 nitrogen and oxygen atoms in total. The second-order valence-corrected chi connectivity index (χ2v) is 52.8. The van der Waals surface area contributed by atoms with Gasteiger partial charge in [-0.25, -0.2) is 0 Å². The quantitative estimate of drug-likeness (QED) is 0.0929. The average Bonchev–Trinajstić information content (AvgIpc) is 3.03. The molecule has 0 amide bonds. The molecular formula is C72H168K2O25Si6U2. The Morgan fingerprint density at radius 1 is 0.150 bits per heavy atom. The molecule has 0 aliphatic carbocycles. The first-order chi connectivity index (χ1) is 42.7. The van der Waals surface area contributed by atoms with Gasteiger partial charge in [-0.2, -0.15) is 0 Å². The van der Waals surface area contributed by atoms with Gasteiger partial charge in [-0.3, -0.25) is 0 Å². The summed E-state index contributed by atoms with van der Waals surface area (Å²) < 4.78 is 101. The third-order valence-corrected chi connectivity index (χ3v) is 23.4. The van der Waals surface area contributed by atoms with E-state index < -0.39 is 155 Å². The van der Waals surface area contributed by atoms with Crippen molar-refractivity contribution in [3.8, 4) is 0 Å². The Morgan fingerprint density at radius 2 is 0.196 bits per heavy atom. The Balaban J connectivity index is -0.000000114. The molecule has 0 radical (unpaired) electrons. The van der Waals surface area contributed by atoms with Gasteiger partial charge in [0.05, 0.1) is 101 Å². The summed E-state index contributed by atoms with van der Waals surface area (Å²) in [6, 6.07) is 0. The standard InChI is InChI=1S/4C12H28O4Si.2C12H27O4Si.2K.H2O.2U/c6*1-10(2,3)14-17(13,15-11(4,5)6)16-12(7,8)9;;;;;/h4*13H,1-9H3;2*1-9H3;;;1H2;;/q;;;;2*-1;2*+1;;;. The molecule has 0 aromatic carbocycles. The Bertz CT molecular complexity index is 1670. The third-order valence-electron chi connectivity index (χ3n) is 7.81. The summed E-state index contributed by atoms with van der Waals surface area (Å²) in [4.78, 5) is 67.2. The van der Waals surface area contributed by atoms with E-state index >= 15 is 0 Å². The van der Waals surface area contributed by atoms with Crippen LogP contribution in [-0.2, 0) is 79.7 Å². The van der Waals surface area contributed by atoms with Crippen molar-refractivity contribution in [3.05, 3.63) is 0 Å². The van der Waals surface area contributed by atoms with Crippen molar-refractivity contribution < 1.29 is 279 Å². The average molecular weight is 2160 g/mol. The van der Waals surface area contributed by atoms with Gasteiger partial charge in [0, 0.05) is 62.2 Å². The van der Waals surface area contributed by atoms with Crippen LogP contribution in [0.1, 0.15) is 374 Å². The fraction of sp³-hybridized carbons (Fsp3) is 1.00. The van der Waals surface area contributed by atoms with Gasteiger partial charge in [-0.1, -0.05) is 0 Å². The van der Waals surface area contributed by atoms with Crippen molar-refractivity contribution >= 4 is 54.3 Å². The fourth-order valence-corrected chi connectivity index (χ4v) is 21.8. The van der Waals surface area contributed by atoms with Crippen molar-refractivity contribution in [2.24, 2.45) is 0 Å². The number of hydrogen-bond acceptors (Lipinski definition) is 24. The topological polar surface area (TPSA) is 325 Å². The van der Waals surface area contributed by atoms with Crippen LogP contribution in [-0.4, -0.2) is 180 Å². The minimum Gasteiger partial charge on any atom is -0.793 e. The molecule has 0 aliphatic heterocycles. The summed E-state index contributed by atoms with van der Waals surface area (Å²) in [6.45, 7) is 99.9. The van der Waals surface area contributed by atoms with E-state index in [0.717, 1.165) is 0 Å². The molecule has 0 heterocycles. The monoisotopic (exact) mass is 2160 g/mol. The van der Waals surface area contributed by atoms with Crippen LogP contribution in [0.4, 0.5) is 0 Å². The second-order valence-electron chi connectivity index (χ2n) is 43.0. The number of hydrogen-bond donors (Lipinski definition) is 4. The molecule has 0 aromatic rings. The van der Waals surface area contributed by atoms with Crippen molar-refractivity contribution in [2.75, 3.05) is 0 Å². The first-order valence-corrected chi connectivity index (χ1v) is 45.6. The zero-order valence-corrected chi connectivity index (χ0v) is 100. The van der Waals surface area contributed by atoms with E-state index in [1.54, 1.807) is 0 Å². The predicted octanol–water partition coefficient (Wildman–Crippen LogP) is 9.08. The van der Waals surface area contributed by atoms with Gasteiger partial charge < -0.3 is 114 Å². The van der Waals surface area contributed by atoms with E-state index in [2.05, 4.69) is 0 Å². The molecule has 0 atom stereocenters. The molecular weight excluding hydrogens is 1990 g/mol. The Hall–Kier alpha value is 5.68. The van der Waals surface area contributed by atoms with Crippen molar-refractivity contribution in [3.63, 3.8) is 0 Å². The molecule has 6 N–H and O–H groups in total. The Kier molecular flexibility index (Phi) is 61.8. The van der Waals surface area contributed by atoms with Crippen molar-refractivity contribution in [1.82, 2.24) is 0 Å². The van der Waals surface area contributed by atoms with Gasteiger partial charge in [0.25, 0.3) is 0 Å².